The van der Waals surface area contributed by atoms with E-state index in [2.05, 4.69) is 384 Å². The Balaban J connectivity index is 0.000000119. The maximum absolute atomic E-state index is 8.32. The van der Waals surface area contributed by atoms with E-state index in [1.807, 2.05) is 25.1 Å². The van der Waals surface area contributed by atoms with Crippen molar-refractivity contribution in [1.29, 1.82) is 0 Å². The molecule has 20 rings (SSSR count). The number of nitrogens with zero attached hydrogens (tertiary/aromatic N) is 4. The Hall–Kier alpha value is -11.7. The largest absolute Gasteiger partial charge is 0.213 e. The third kappa shape index (κ3) is 13.9. The molecule has 0 N–H and O–H groups in total. The lowest BCUT2D eigenvalue weighted by Gasteiger charge is -2.49. The van der Waals surface area contributed by atoms with Gasteiger partial charge in [-0.1, -0.05) is 217 Å². The number of aromatic nitrogens is 4. The second-order valence-corrected chi connectivity index (χ2v) is 38.3. The summed E-state index contributed by atoms with van der Waals surface area (Å²) >= 11 is 0. The number of hydrogen-bond acceptors (Lipinski definition) is 0. The first-order valence-corrected chi connectivity index (χ1v) is 43.6. The van der Waals surface area contributed by atoms with Gasteiger partial charge in [0.2, 0.25) is 22.8 Å². The molecule has 4 heterocycles. The number of aryl methyl sites for hydroxylation is 19. The molecule has 4 aliphatic carbocycles. The summed E-state index contributed by atoms with van der Waals surface area (Å²) in [6.45, 7) is 39.0. The molecular formula is C117H122N4+4. The summed E-state index contributed by atoms with van der Waals surface area (Å²) in [4.78, 5) is 0. The first kappa shape index (κ1) is 74.3. The molecule has 4 heteroatoms. The Morgan fingerprint density at radius 2 is 0.669 bits per heavy atom. The molecule has 4 nitrogen and oxygen atoms in total. The van der Waals surface area contributed by atoms with Crippen molar-refractivity contribution < 1.29 is 26.5 Å². The van der Waals surface area contributed by atoms with Crippen LogP contribution in [0.3, 0.4) is 0 Å². The molecule has 12 aromatic carbocycles. The van der Waals surface area contributed by atoms with Gasteiger partial charge in [-0.15, -0.1) is 0 Å². The zero-order valence-electron chi connectivity index (χ0n) is 81.6. The first-order chi connectivity index (χ1) is 59.9. The molecule has 4 aromatic heterocycles. The van der Waals surface area contributed by atoms with E-state index in [0.29, 0.717) is 11.1 Å². The summed E-state index contributed by atoms with van der Waals surface area (Å²) < 4.78 is 57.1. The summed E-state index contributed by atoms with van der Waals surface area (Å²) in [5, 5.41) is 9.89. The van der Waals surface area contributed by atoms with E-state index in [-0.39, 0.29) is 21.7 Å². The fourth-order valence-corrected chi connectivity index (χ4v) is 20.9. The molecule has 0 unspecified atom stereocenters. The van der Waals surface area contributed by atoms with Gasteiger partial charge in [0.25, 0.3) is 0 Å². The van der Waals surface area contributed by atoms with Gasteiger partial charge >= 0.3 is 0 Å². The van der Waals surface area contributed by atoms with Crippen LogP contribution in [0.25, 0.3) is 133 Å². The lowest BCUT2D eigenvalue weighted by Crippen LogP contribution is -2.44. The highest BCUT2D eigenvalue weighted by Crippen LogP contribution is 2.59. The van der Waals surface area contributed by atoms with Crippen molar-refractivity contribution in [2.75, 3.05) is 0 Å². The monoisotopic (exact) mass is 1590 g/mol. The number of benzene rings is 12. The molecule has 0 radical (unpaired) electrons. The quantitative estimate of drug-likeness (QED) is 0.156. The van der Waals surface area contributed by atoms with Gasteiger partial charge in [0.05, 0.1) is 16.7 Å². The van der Waals surface area contributed by atoms with Crippen LogP contribution in [0.15, 0.2) is 237 Å². The van der Waals surface area contributed by atoms with E-state index in [9.17, 15) is 0 Å². The first-order valence-electron chi connectivity index (χ1n) is 46.6. The standard InChI is InChI=1S/2C31H34N.C28H28N.C27H26N/c1-19-9-11-23-22(15-19)10-12-24-26-18-25(28-16-20(2)13-14-32(28)8)21(3)17-27(26)30(4,5)31(6,7)29(23)24;1-19-9-11-22-17-25-24-12-10-21(3)28(27-16-20(2)13-14-32(27)8)29(24)31(6,7)30(4,5)26(25)18-23(22)15-19;1-17-6-7-21-16-25-22(15-23(21)12-17)8-9-24-27(25)19(3)14-20(4)28(24)26-13-18(2)10-11-29(26)5;1-17-5-10-22-21(15-17)8-7-20-9-12-23-24(27(20)22)11-6-19(3)26(23)25-16-18(2)13-14-28(25)4/h2*9-18H,1-8H3;6-7,10-16H,8-9H2,1-5H3;5-8,10-11,13-16H,9,12H2,1-4H3/q4*+1/i;;3D3;1D3. The number of pyridine rings is 4. The van der Waals surface area contributed by atoms with Gasteiger partial charge < -0.3 is 0 Å². The zero-order valence-corrected chi connectivity index (χ0v) is 75.6. The van der Waals surface area contributed by atoms with E-state index >= 15 is 0 Å². The van der Waals surface area contributed by atoms with Crippen LogP contribution in [0, 0.1) is 89.9 Å². The van der Waals surface area contributed by atoms with Crippen molar-refractivity contribution in [1.82, 2.24) is 0 Å². The van der Waals surface area contributed by atoms with Crippen molar-refractivity contribution in [2.45, 2.75) is 193 Å². The van der Waals surface area contributed by atoms with Crippen LogP contribution in [0.1, 0.15) is 180 Å². The second kappa shape index (κ2) is 30.5. The molecule has 0 aliphatic heterocycles. The molecular weight excluding hydrogens is 1460 g/mol. The van der Waals surface area contributed by atoms with Gasteiger partial charge in [0.15, 0.2) is 24.8 Å². The van der Waals surface area contributed by atoms with Crippen LogP contribution in [0.5, 0.6) is 0 Å². The fourth-order valence-electron chi connectivity index (χ4n) is 20.9. The van der Waals surface area contributed by atoms with Crippen molar-refractivity contribution in [3.63, 3.8) is 0 Å². The van der Waals surface area contributed by atoms with E-state index in [1.54, 1.807) is 6.07 Å². The predicted octanol–water partition coefficient (Wildman–Crippen LogP) is 27.3. The Labute approximate surface area is 729 Å². The Kier molecular flexibility index (Phi) is 18.7. The average molecular weight is 1590 g/mol. The molecule has 0 spiro atoms. The topological polar surface area (TPSA) is 15.5 Å². The average Bonchev–Trinajstić information content (AvgIpc) is 0.700. The number of fused-ring (bicyclic) bond motifs is 18. The van der Waals surface area contributed by atoms with Crippen molar-refractivity contribution in [2.24, 2.45) is 28.2 Å². The minimum atomic E-state index is -2.17. The van der Waals surface area contributed by atoms with Gasteiger partial charge in [-0.25, -0.2) is 18.3 Å². The number of hydrogen-bond donors (Lipinski definition) is 0. The van der Waals surface area contributed by atoms with E-state index < -0.39 is 13.7 Å². The molecule has 121 heavy (non-hydrogen) atoms. The van der Waals surface area contributed by atoms with Crippen LogP contribution in [0.2, 0.25) is 0 Å². The van der Waals surface area contributed by atoms with Crippen LogP contribution in [0.4, 0.5) is 0 Å². The lowest BCUT2D eigenvalue weighted by molar-refractivity contribution is -0.660. The third-order valence-corrected chi connectivity index (χ3v) is 29.0. The van der Waals surface area contributed by atoms with Crippen molar-refractivity contribution >= 4 is 43.1 Å². The van der Waals surface area contributed by atoms with E-state index in [0.717, 1.165) is 69.8 Å². The second-order valence-electron chi connectivity index (χ2n) is 38.3. The van der Waals surface area contributed by atoms with Crippen molar-refractivity contribution in [3.8, 4) is 89.5 Å². The minimum Gasteiger partial charge on any atom is -0.201 e. The van der Waals surface area contributed by atoms with Crippen LogP contribution in [-0.4, -0.2) is 0 Å². The summed E-state index contributed by atoms with van der Waals surface area (Å²) in [5.74, 6) is 0. The van der Waals surface area contributed by atoms with Crippen LogP contribution < -0.4 is 18.3 Å². The molecule has 0 saturated heterocycles. The molecule has 0 bridgehead atoms. The zero-order chi connectivity index (χ0) is 90.7. The Morgan fingerprint density at radius 1 is 0.240 bits per heavy atom. The molecule has 0 amide bonds. The van der Waals surface area contributed by atoms with Crippen LogP contribution in [-0.2, 0) is 75.5 Å². The normalized spacial score (nSPS) is 15.4. The fraction of sp³-hybridized carbons (Fsp3) is 0.282. The summed E-state index contributed by atoms with van der Waals surface area (Å²) in [6.07, 6.45) is 12.3. The smallest absolute Gasteiger partial charge is 0.201 e. The molecule has 606 valence electrons. The molecule has 0 atom stereocenters. The highest BCUT2D eigenvalue weighted by Gasteiger charge is 2.50. The van der Waals surface area contributed by atoms with Gasteiger partial charge in [0.1, 0.15) is 28.2 Å². The molecule has 16 aromatic rings. The SMILES string of the molecule is Cc1cc[n+](C)c(-c2c(C)ccc3c2C(C)(C)C(C)(C)c2cc4cc(C)ccc4cc2-3)c1.Cc1cc[n+](C)c(-c2cc3c(cc2C)C(C)(C)C(C)(C)c2c-3ccc3cc(C)ccc23)c1.[2H]C([2H])([2H])c1cc(C)c(-c2cc(C)cc[n+]2C)c2c1-c1cc3ccc(C)cc3cc1CC2.[2H]C([2H])([2H])c1ccc2c3c(ccc2c1)CCc1c-3ccc(C)c1-c1cc(C)cc[n+]1C. The minimum absolute atomic E-state index is 0.00601. The van der Waals surface area contributed by atoms with Crippen LogP contribution >= 0.6 is 0 Å². The summed E-state index contributed by atoms with van der Waals surface area (Å²) in [6, 6.07) is 77.7. The predicted molar refractivity (Wildman–Crippen MR) is 512 cm³/mol. The highest BCUT2D eigenvalue weighted by molar-refractivity contribution is 6.03. The van der Waals surface area contributed by atoms with E-state index in [4.69, 9.17) is 8.22 Å². The van der Waals surface area contributed by atoms with Gasteiger partial charge in [0, 0.05) is 73.1 Å². The Morgan fingerprint density at radius 3 is 1.28 bits per heavy atom. The molecule has 4 aliphatic rings. The number of rotatable bonds is 4. The molecule has 0 fully saturated rings. The summed E-state index contributed by atoms with van der Waals surface area (Å²) in [5.41, 5.74) is 45.9. The highest BCUT2D eigenvalue weighted by atomic mass is 14.9. The third-order valence-electron chi connectivity index (χ3n) is 29.0. The van der Waals surface area contributed by atoms with E-state index in [1.165, 1.54) is 194 Å². The Bertz CT molecular complexity index is 7270. The van der Waals surface area contributed by atoms with Gasteiger partial charge in [-0.3, -0.25) is 0 Å². The van der Waals surface area contributed by atoms with Crippen molar-refractivity contribution in [3.05, 3.63) is 354 Å². The maximum atomic E-state index is 8.32. The van der Waals surface area contributed by atoms with Gasteiger partial charge in [-0.2, -0.15) is 0 Å². The molecule has 0 saturated carbocycles. The summed E-state index contributed by atoms with van der Waals surface area (Å²) in [7, 11) is 8.48. The lowest BCUT2D eigenvalue weighted by atomic mass is 9.54. The van der Waals surface area contributed by atoms with Gasteiger partial charge in [-0.05, 0) is 333 Å². The maximum Gasteiger partial charge on any atom is 0.213 e.